The summed E-state index contributed by atoms with van der Waals surface area (Å²) in [5, 5.41) is 11.2. The molecule has 1 unspecified atom stereocenters. The van der Waals surface area contributed by atoms with Crippen LogP contribution in [0, 0.1) is 12.7 Å². The Morgan fingerprint density at radius 3 is 2.55 bits per heavy atom. The van der Waals surface area contributed by atoms with Crippen LogP contribution < -0.4 is 15.9 Å². The standard InChI is InChI=1S/C24H19FN4OS/c1-15-6-8-16(9-7-15)14-31-24-27-23(30)21-19-4-2-3-5-20(19)26-22(29(21)28-24)17-10-12-18(25)13-11-17/h2-13,22H,14H2,1H3,(H,27,28,30). The average Bonchev–Trinajstić information content (AvgIpc) is 2.78. The number of nitrogens with one attached hydrogen (secondary N) is 1. The lowest BCUT2D eigenvalue weighted by molar-refractivity contribution is -0.116. The minimum Gasteiger partial charge on any atom is -0.298 e. The van der Waals surface area contributed by atoms with Crippen LogP contribution in [-0.4, -0.2) is 16.1 Å². The van der Waals surface area contributed by atoms with Crippen LogP contribution in [0.3, 0.4) is 0 Å². The van der Waals surface area contributed by atoms with E-state index in [1.54, 1.807) is 17.1 Å². The molecule has 5 rings (SSSR count). The largest absolute Gasteiger partial charge is 0.298 e. The normalized spacial score (nSPS) is 17.3. The predicted molar refractivity (Wildman–Crippen MR) is 120 cm³/mol. The Morgan fingerprint density at radius 2 is 1.77 bits per heavy atom. The van der Waals surface area contributed by atoms with Crippen LogP contribution in [0.2, 0.25) is 0 Å². The first-order valence-electron chi connectivity index (χ1n) is 9.89. The lowest BCUT2D eigenvalue weighted by atomic mass is 10.1. The fourth-order valence-corrected chi connectivity index (χ4v) is 4.39. The molecule has 0 bridgehead atoms. The maximum atomic E-state index is 13.5. The Bertz CT molecular complexity index is 1300. The number of carbonyl (C=O) groups excluding carboxylic acids is 1. The third-order valence-corrected chi connectivity index (χ3v) is 6.11. The molecule has 2 aliphatic rings. The zero-order valence-electron chi connectivity index (χ0n) is 16.7. The molecular weight excluding hydrogens is 411 g/mol. The van der Waals surface area contributed by atoms with Gasteiger partial charge in [0.05, 0.1) is 5.36 Å². The average molecular weight is 431 g/mol. The molecule has 0 saturated carbocycles. The van der Waals surface area contributed by atoms with Gasteiger partial charge in [0.25, 0.3) is 5.91 Å². The summed E-state index contributed by atoms with van der Waals surface area (Å²) in [5.74, 6) is 0.131. The molecule has 5 nitrogen and oxygen atoms in total. The Morgan fingerprint density at radius 1 is 1.03 bits per heavy atom. The molecule has 0 aliphatic carbocycles. The van der Waals surface area contributed by atoms with Crippen molar-refractivity contribution in [2.75, 3.05) is 0 Å². The molecule has 0 radical (unpaired) electrons. The van der Waals surface area contributed by atoms with Gasteiger partial charge in [-0.15, -0.1) is 5.10 Å². The van der Waals surface area contributed by atoms with Crippen molar-refractivity contribution in [2.45, 2.75) is 18.8 Å². The van der Waals surface area contributed by atoms with Crippen LogP contribution in [0.15, 0.2) is 82.9 Å². The minimum atomic E-state index is -0.550. The number of amides is 1. The molecule has 0 aromatic heterocycles. The van der Waals surface area contributed by atoms with Crippen LogP contribution in [0.1, 0.15) is 22.9 Å². The number of amidine groups is 1. The van der Waals surface area contributed by atoms with E-state index < -0.39 is 6.17 Å². The van der Waals surface area contributed by atoms with Crippen LogP contribution >= 0.6 is 11.8 Å². The molecule has 2 aliphatic heterocycles. The molecular formula is C24H19FN4OS. The molecule has 1 atom stereocenters. The second-order valence-electron chi connectivity index (χ2n) is 7.40. The molecule has 2 heterocycles. The summed E-state index contributed by atoms with van der Waals surface area (Å²) < 4.78 is 13.5. The molecule has 0 saturated heterocycles. The predicted octanol–water partition coefficient (Wildman–Crippen LogP) is 3.21. The van der Waals surface area contributed by atoms with Crippen molar-refractivity contribution in [3.8, 4) is 0 Å². The van der Waals surface area contributed by atoms with Gasteiger partial charge in [-0.1, -0.05) is 71.9 Å². The van der Waals surface area contributed by atoms with E-state index in [9.17, 15) is 9.18 Å². The summed E-state index contributed by atoms with van der Waals surface area (Å²) in [5.41, 5.74) is 3.55. The summed E-state index contributed by atoms with van der Waals surface area (Å²) in [6, 6.07) is 21.9. The summed E-state index contributed by atoms with van der Waals surface area (Å²) in [7, 11) is 0. The van der Waals surface area contributed by atoms with Crippen LogP contribution in [0.5, 0.6) is 0 Å². The maximum Gasteiger partial charge on any atom is 0.276 e. The van der Waals surface area contributed by atoms with Gasteiger partial charge >= 0.3 is 0 Å². The third kappa shape index (κ3) is 3.84. The van der Waals surface area contributed by atoms with Crippen LogP contribution in [-0.2, 0) is 10.5 Å². The minimum absolute atomic E-state index is 0.226. The van der Waals surface area contributed by atoms with E-state index in [1.807, 2.05) is 31.2 Å². The first-order valence-corrected chi connectivity index (χ1v) is 10.9. The smallest absolute Gasteiger partial charge is 0.276 e. The highest BCUT2D eigenvalue weighted by atomic mass is 32.2. The SMILES string of the molecule is Cc1ccc(CSC2=NN3C(=c4ccccc4=NC3c3ccc(F)cc3)C(=O)N2)cc1. The number of hydrogen-bond donors (Lipinski definition) is 1. The highest BCUT2D eigenvalue weighted by molar-refractivity contribution is 8.13. The van der Waals surface area contributed by atoms with Crippen LogP contribution in [0.4, 0.5) is 4.39 Å². The van der Waals surface area contributed by atoms with Crippen molar-refractivity contribution in [3.63, 3.8) is 0 Å². The summed E-state index contributed by atoms with van der Waals surface area (Å²) in [6.07, 6.45) is -0.550. The van der Waals surface area contributed by atoms with Gasteiger partial charge in [-0.3, -0.25) is 15.1 Å². The molecule has 1 amide bonds. The van der Waals surface area contributed by atoms with Crippen molar-refractivity contribution < 1.29 is 9.18 Å². The monoisotopic (exact) mass is 430 g/mol. The van der Waals surface area contributed by atoms with Gasteiger partial charge in [-0.05, 0) is 36.2 Å². The Kier molecular flexibility index (Phi) is 5.03. The first-order chi connectivity index (χ1) is 15.1. The maximum absolute atomic E-state index is 13.5. The molecule has 0 fully saturated rings. The lowest BCUT2D eigenvalue weighted by Crippen LogP contribution is -2.50. The van der Waals surface area contributed by atoms with E-state index in [4.69, 9.17) is 10.1 Å². The summed E-state index contributed by atoms with van der Waals surface area (Å²) in [6.45, 7) is 2.05. The second kappa shape index (κ2) is 8.00. The van der Waals surface area contributed by atoms with E-state index >= 15 is 0 Å². The van der Waals surface area contributed by atoms with Gasteiger partial charge in [0, 0.05) is 11.0 Å². The number of para-hydroxylation sites is 1. The van der Waals surface area contributed by atoms with E-state index in [1.165, 1.54) is 29.5 Å². The topological polar surface area (TPSA) is 57.1 Å². The molecule has 7 heteroatoms. The Labute approximate surface area is 183 Å². The van der Waals surface area contributed by atoms with Gasteiger partial charge in [0.2, 0.25) is 0 Å². The number of hydrogen-bond acceptors (Lipinski definition) is 5. The zero-order valence-corrected chi connectivity index (χ0v) is 17.6. The number of aryl methyl sites for hydroxylation is 1. The van der Waals surface area contributed by atoms with Gasteiger partial charge in [0.15, 0.2) is 11.3 Å². The quantitative estimate of drug-likeness (QED) is 0.694. The number of thioether (sulfide) groups is 1. The molecule has 3 aromatic rings. The van der Waals surface area contributed by atoms with Gasteiger partial charge < -0.3 is 0 Å². The molecule has 154 valence electrons. The van der Waals surface area contributed by atoms with Crippen molar-refractivity contribution in [1.82, 2.24) is 10.3 Å². The number of fused-ring (bicyclic) bond motifs is 2. The molecule has 31 heavy (non-hydrogen) atoms. The fraction of sp³-hybridized carbons (Fsp3) is 0.125. The Balaban J connectivity index is 1.54. The molecule has 3 aromatic carbocycles. The molecule has 1 N–H and O–H groups in total. The highest BCUT2D eigenvalue weighted by Crippen LogP contribution is 2.31. The second-order valence-corrected chi connectivity index (χ2v) is 8.36. The number of carbonyl (C=O) groups is 1. The van der Waals surface area contributed by atoms with Crippen molar-refractivity contribution in [2.24, 2.45) is 10.1 Å². The highest BCUT2D eigenvalue weighted by Gasteiger charge is 2.34. The van der Waals surface area contributed by atoms with Gasteiger partial charge in [-0.25, -0.2) is 9.40 Å². The number of rotatable bonds is 3. The van der Waals surface area contributed by atoms with Crippen LogP contribution in [0.25, 0.3) is 5.70 Å². The van der Waals surface area contributed by atoms with E-state index in [2.05, 4.69) is 29.6 Å². The Hall–Kier alpha value is -3.45. The van der Waals surface area contributed by atoms with E-state index in [0.717, 1.165) is 16.3 Å². The zero-order chi connectivity index (χ0) is 21.4. The molecule has 0 spiro atoms. The van der Waals surface area contributed by atoms with Crippen molar-refractivity contribution in [3.05, 3.63) is 106 Å². The summed E-state index contributed by atoms with van der Waals surface area (Å²) >= 11 is 1.46. The number of halogens is 1. The number of benzene rings is 3. The third-order valence-electron chi connectivity index (χ3n) is 5.18. The van der Waals surface area contributed by atoms with E-state index in [-0.39, 0.29) is 11.7 Å². The van der Waals surface area contributed by atoms with E-state index in [0.29, 0.717) is 22.0 Å². The van der Waals surface area contributed by atoms with Crippen molar-refractivity contribution >= 4 is 28.5 Å². The number of hydrazone groups is 1. The lowest BCUT2D eigenvalue weighted by Gasteiger charge is -2.34. The number of nitrogens with zero attached hydrogens (tertiary/aromatic N) is 3. The fourth-order valence-electron chi connectivity index (χ4n) is 3.58. The van der Waals surface area contributed by atoms with Crippen molar-refractivity contribution in [1.29, 1.82) is 0 Å². The van der Waals surface area contributed by atoms with Gasteiger partial charge in [0.1, 0.15) is 11.5 Å². The van der Waals surface area contributed by atoms with Gasteiger partial charge in [-0.2, -0.15) is 0 Å². The first kappa shape index (κ1) is 19.5. The summed E-state index contributed by atoms with van der Waals surface area (Å²) in [4.78, 5) is 17.9.